The number of carbonyl (C=O) groups excluding carboxylic acids is 1. The fourth-order valence-corrected chi connectivity index (χ4v) is 2.49. The van der Waals surface area contributed by atoms with E-state index in [1.807, 2.05) is 48.5 Å². The van der Waals surface area contributed by atoms with Crippen LogP contribution < -0.4 is 11.1 Å². The third-order valence-electron chi connectivity index (χ3n) is 3.80. The van der Waals surface area contributed by atoms with Gasteiger partial charge in [0.2, 0.25) is 0 Å². The lowest BCUT2D eigenvalue weighted by atomic mass is 10.0. The Morgan fingerprint density at radius 2 is 1.85 bits per heavy atom. The molecule has 0 radical (unpaired) electrons. The molecule has 0 aliphatic carbocycles. The second-order valence-electron chi connectivity index (χ2n) is 5.63. The molecule has 5 heteroatoms. The zero-order valence-electron chi connectivity index (χ0n) is 14.3. The normalized spacial score (nSPS) is 10.7. The number of nitrogens with one attached hydrogen (secondary N) is 1. The number of benzene rings is 2. The number of nitrogens with zero attached hydrogens (tertiary/aromatic N) is 1. The van der Waals surface area contributed by atoms with Gasteiger partial charge in [0.15, 0.2) is 5.82 Å². The van der Waals surface area contributed by atoms with Crippen LogP contribution in [0.15, 0.2) is 72.9 Å². The number of hydrogen-bond acceptors (Lipinski definition) is 5. The van der Waals surface area contributed by atoms with E-state index in [-0.39, 0.29) is 5.97 Å². The molecule has 0 bridgehead atoms. The van der Waals surface area contributed by atoms with E-state index in [0.717, 1.165) is 22.4 Å². The van der Waals surface area contributed by atoms with E-state index in [1.165, 1.54) is 13.2 Å². The number of esters is 1. The smallest absolute Gasteiger partial charge is 0.330 e. The van der Waals surface area contributed by atoms with Gasteiger partial charge >= 0.3 is 5.97 Å². The van der Waals surface area contributed by atoms with Crippen molar-refractivity contribution in [1.29, 1.82) is 0 Å². The molecule has 5 nitrogen and oxygen atoms in total. The Bertz CT molecular complexity index is 951. The highest BCUT2D eigenvalue weighted by atomic mass is 16.5. The van der Waals surface area contributed by atoms with Crippen molar-refractivity contribution in [3.8, 4) is 11.1 Å². The maximum Gasteiger partial charge on any atom is 0.330 e. The van der Waals surface area contributed by atoms with Crippen LogP contribution in [0.2, 0.25) is 0 Å². The summed E-state index contributed by atoms with van der Waals surface area (Å²) in [5, 5.41) is 3.23. The Kier molecular flexibility index (Phi) is 5.29. The molecule has 3 N–H and O–H groups in total. The Labute approximate surface area is 152 Å². The molecule has 130 valence electrons. The van der Waals surface area contributed by atoms with Crippen LogP contribution in [0.5, 0.6) is 0 Å². The van der Waals surface area contributed by atoms with Gasteiger partial charge in [-0.15, -0.1) is 0 Å². The molecule has 1 aromatic heterocycles. The van der Waals surface area contributed by atoms with Crippen molar-refractivity contribution in [2.75, 3.05) is 18.2 Å². The summed E-state index contributed by atoms with van der Waals surface area (Å²) in [5.74, 6) is 0.244. The van der Waals surface area contributed by atoms with Gasteiger partial charge in [-0.05, 0) is 53.1 Å². The molecule has 1 heterocycles. The largest absolute Gasteiger partial charge is 0.466 e. The lowest BCUT2D eigenvalue weighted by molar-refractivity contribution is -0.134. The predicted molar refractivity (Wildman–Crippen MR) is 105 cm³/mol. The first kappa shape index (κ1) is 17.2. The summed E-state index contributed by atoms with van der Waals surface area (Å²) < 4.78 is 4.62. The number of anilines is 3. The molecule has 2 aromatic carbocycles. The molecule has 0 spiro atoms. The summed E-state index contributed by atoms with van der Waals surface area (Å²) >= 11 is 0. The second kappa shape index (κ2) is 7.98. The van der Waals surface area contributed by atoms with Gasteiger partial charge < -0.3 is 15.8 Å². The van der Waals surface area contributed by atoms with Crippen LogP contribution >= 0.6 is 0 Å². The van der Waals surface area contributed by atoms with E-state index in [4.69, 9.17) is 5.73 Å². The molecule has 0 aliphatic heterocycles. The Morgan fingerprint density at radius 3 is 2.62 bits per heavy atom. The lowest BCUT2D eigenvalue weighted by Crippen LogP contribution is -1.98. The fraction of sp³-hybridized carbons (Fsp3) is 0.0476. The molecule has 26 heavy (non-hydrogen) atoms. The first-order valence-electron chi connectivity index (χ1n) is 8.10. The number of carbonyl (C=O) groups is 1. The molecule has 0 aliphatic rings. The number of methoxy groups -OCH3 is 1. The highest BCUT2D eigenvalue weighted by Gasteiger charge is 2.03. The minimum atomic E-state index is -0.380. The standard InChI is InChI=1S/C21H19N3O2/c1-26-20(25)11-10-15-5-2-6-16(13-15)17-7-3-8-18(14-17)24-21-19(22)9-4-12-23-21/h2-14H,22H2,1H3,(H,23,24). The van der Waals surface area contributed by atoms with E-state index in [2.05, 4.69) is 15.0 Å². The summed E-state index contributed by atoms with van der Waals surface area (Å²) in [6, 6.07) is 19.5. The molecule has 0 saturated heterocycles. The first-order valence-corrected chi connectivity index (χ1v) is 8.10. The van der Waals surface area contributed by atoms with Gasteiger partial charge in [-0.2, -0.15) is 0 Å². The molecule has 3 rings (SSSR count). The number of nitrogen functional groups attached to an aromatic ring is 1. The molecule has 0 saturated carbocycles. The average molecular weight is 345 g/mol. The maximum absolute atomic E-state index is 11.3. The molecule has 3 aromatic rings. The van der Waals surface area contributed by atoms with Crippen molar-refractivity contribution in [3.63, 3.8) is 0 Å². The van der Waals surface area contributed by atoms with Crippen molar-refractivity contribution in [2.45, 2.75) is 0 Å². The quantitative estimate of drug-likeness (QED) is 0.534. The molecular weight excluding hydrogens is 326 g/mol. The van der Waals surface area contributed by atoms with Crippen molar-refractivity contribution in [2.24, 2.45) is 0 Å². The molecule has 0 atom stereocenters. The van der Waals surface area contributed by atoms with Crippen molar-refractivity contribution >= 4 is 29.2 Å². The maximum atomic E-state index is 11.3. The Balaban J connectivity index is 1.85. The lowest BCUT2D eigenvalue weighted by Gasteiger charge is -2.10. The van der Waals surface area contributed by atoms with Gasteiger partial charge in [-0.3, -0.25) is 0 Å². The molecular formula is C21H19N3O2. The summed E-state index contributed by atoms with van der Waals surface area (Å²) in [6.07, 6.45) is 4.83. The van der Waals surface area contributed by atoms with Gasteiger partial charge in [0, 0.05) is 18.0 Å². The van der Waals surface area contributed by atoms with Crippen molar-refractivity contribution < 1.29 is 9.53 Å². The van der Waals surface area contributed by atoms with Gasteiger partial charge in [0.25, 0.3) is 0 Å². The average Bonchev–Trinajstić information content (AvgIpc) is 2.68. The van der Waals surface area contributed by atoms with Crippen LogP contribution in [0.4, 0.5) is 17.2 Å². The molecule has 0 fully saturated rings. The van der Waals surface area contributed by atoms with Crippen LogP contribution in [0, 0.1) is 0 Å². The van der Waals surface area contributed by atoms with Crippen molar-refractivity contribution in [1.82, 2.24) is 4.98 Å². The number of nitrogens with two attached hydrogens (primary N) is 1. The zero-order valence-corrected chi connectivity index (χ0v) is 14.3. The monoisotopic (exact) mass is 345 g/mol. The number of hydrogen-bond donors (Lipinski definition) is 2. The van der Waals surface area contributed by atoms with Crippen LogP contribution in [-0.4, -0.2) is 18.1 Å². The SMILES string of the molecule is COC(=O)C=Cc1cccc(-c2cccc(Nc3ncccc3N)c2)c1. The summed E-state index contributed by atoms with van der Waals surface area (Å²) in [5.41, 5.74) is 10.4. The first-order chi connectivity index (χ1) is 12.7. The number of pyridine rings is 1. The van der Waals surface area contributed by atoms with E-state index in [1.54, 1.807) is 24.4 Å². The third-order valence-corrected chi connectivity index (χ3v) is 3.80. The van der Waals surface area contributed by atoms with Crippen molar-refractivity contribution in [3.05, 3.63) is 78.5 Å². The van der Waals surface area contributed by atoms with E-state index in [0.29, 0.717) is 11.5 Å². The fourth-order valence-electron chi connectivity index (χ4n) is 2.49. The van der Waals surface area contributed by atoms with Gasteiger partial charge in [0.1, 0.15) is 0 Å². The number of aromatic nitrogens is 1. The predicted octanol–water partition coefficient (Wildman–Crippen LogP) is 4.26. The summed E-state index contributed by atoms with van der Waals surface area (Å²) in [7, 11) is 1.36. The zero-order chi connectivity index (χ0) is 18.4. The highest BCUT2D eigenvalue weighted by molar-refractivity contribution is 5.87. The summed E-state index contributed by atoms with van der Waals surface area (Å²) in [6.45, 7) is 0. The highest BCUT2D eigenvalue weighted by Crippen LogP contribution is 2.26. The topological polar surface area (TPSA) is 77.2 Å². The third kappa shape index (κ3) is 4.27. The number of rotatable bonds is 5. The molecule has 0 amide bonds. The minimum Gasteiger partial charge on any atom is -0.466 e. The van der Waals surface area contributed by atoms with Gasteiger partial charge in [-0.1, -0.05) is 30.3 Å². The van der Waals surface area contributed by atoms with Crippen LogP contribution in [0.3, 0.4) is 0 Å². The minimum absolute atomic E-state index is 0.380. The Hall–Kier alpha value is -3.60. The summed E-state index contributed by atoms with van der Waals surface area (Å²) in [4.78, 5) is 15.5. The van der Waals surface area contributed by atoms with E-state index < -0.39 is 0 Å². The molecule has 0 unspecified atom stereocenters. The van der Waals surface area contributed by atoms with Gasteiger partial charge in [-0.25, -0.2) is 9.78 Å². The number of ether oxygens (including phenoxy) is 1. The van der Waals surface area contributed by atoms with Crippen LogP contribution in [0.1, 0.15) is 5.56 Å². The van der Waals surface area contributed by atoms with E-state index >= 15 is 0 Å². The van der Waals surface area contributed by atoms with Crippen LogP contribution in [0.25, 0.3) is 17.2 Å². The Morgan fingerprint density at radius 1 is 1.08 bits per heavy atom. The van der Waals surface area contributed by atoms with Crippen LogP contribution in [-0.2, 0) is 9.53 Å². The second-order valence-corrected chi connectivity index (χ2v) is 5.63. The van der Waals surface area contributed by atoms with Gasteiger partial charge in [0.05, 0.1) is 12.8 Å². The van der Waals surface area contributed by atoms with E-state index in [9.17, 15) is 4.79 Å².